The van der Waals surface area contributed by atoms with E-state index in [2.05, 4.69) is 10.3 Å². The van der Waals surface area contributed by atoms with Crippen molar-refractivity contribution in [2.24, 2.45) is 0 Å². The number of nitrogen functional groups attached to an aromatic ring is 1. The minimum Gasteiger partial charge on any atom is -0.399 e. The van der Waals surface area contributed by atoms with Crippen molar-refractivity contribution >= 4 is 28.7 Å². The molecule has 19 heavy (non-hydrogen) atoms. The second-order valence-electron chi connectivity index (χ2n) is 4.27. The molecule has 0 radical (unpaired) electrons. The summed E-state index contributed by atoms with van der Waals surface area (Å²) in [5, 5.41) is 5.77. The Labute approximate surface area is 116 Å². The molecule has 2 aromatic rings. The maximum atomic E-state index is 12.0. The Balaban J connectivity index is 1.94. The molecule has 0 aliphatic rings. The van der Waals surface area contributed by atoms with Gasteiger partial charge in [0.1, 0.15) is 0 Å². The monoisotopic (exact) mass is 276 g/mol. The highest BCUT2D eigenvalue weighted by atomic mass is 32.1. The van der Waals surface area contributed by atoms with Gasteiger partial charge in [-0.15, -0.1) is 11.3 Å². The van der Waals surface area contributed by atoms with Crippen molar-refractivity contribution in [3.8, 4) is 0 Å². The third-order valence-electron chi connectivity index (χ3n) is 2.57. The van der Waals surface area contributed by atoms with Gasteiger partial charge >= 0.3 is 6.03 Å². The predicted molar refractivity (Wildman–Crippen MR) is 78.2 cm³/mol. The van der Waals surface area contributed by atoms with Crippen LogP contribution in [0.3, 0.4) is 0 Å². The standard InChI is InChI=1S/C13H16N4OS/c1-9-15-12(8-19-9)7-17(2)13(18)16-11-5-3-10(14)4-6-11/h3-6,8H,7,14H2,1-2H3,(H,16,18). The lowest BCUT2D eigenvalue weighted by Gasteiger charge is -2.16. The SMILES string of the molecule is Cc1nc(CN(C)C(=O)Nc2ccc(N)cc2)cs1. The zero-order valence-corrected chi connectivity index (χ0v) is 11.7. The number of nitrogens with one attached hydrogen (secondary N) is 1. The Bertz CT molecular complexity index is 564. The molecule has 0 atom stereocenters. The summed E-state index contributed by atoms with van der Waals surface area (Å²) in [6, 6.07) is 6.87. The number of urea groups is 1. The molecule has 1 aromatic carbocycles. The van der Waals surface area contributed by atoms with Crippen molar-refractivity contribution in [1.82, 2.24) is 9.88 Å². The van der Waals surface area contributed by atoms with Gasteiger partial charge in [0.05, 0.1) is 17.2 Å². The summed E-state index contributed by atoms with van der Waals surface area (Å²) in [5.74, 6) is 0. The lowest BCUT2D eigenvalue weighted by atomic mass is 10.3. The first-order chi connectivity index (χ1) is 9.04. The van der Waals surface area contributed by atoms with E-state index in [9.17, 15) is 4.79 Å². The summed E-state index contributed by atoms with van der Waals surface area (Å²) in [6.45, 7) is 2.44. The fraction of sp³-hybridized carbons (Fsp3) is 0.231. The van der Waals surface area contributed by atoms with Gasteiger partial charge in [-0.3, -0.25) is 0 Å². The molecule has 6 heteroatoms. The average molecular weight is 276 g/mol. The largest absolute Gasteiger partial charge is 0.399 e. The van der Waals surface area contributed by atoms with Crippen LogP contribution in [0.5, 0.6) is 0 Å². The van der Waals surface area contributed by atoms with Crippen LogP contribution in [-0.2, 0) is 6.54 Å². The van der Waals surface area contributed by atoms with E-state index in [1.807, 2.05) is 12.3 Å². The van der Waals surface area contributed by atoms with E-state index < -0.39 is 0 Å². The Morgan fingerprint density at radius 2 is 2.11 bits per heavy atom. The summed E-state index contributed by atoms with van der Waals surface area (Å²) in [6.07, 6.45) is 0. The number of hydrogen-bond acceptors (Lipinski definition) is 4. The highest BCUT2D eigenvalue weighted by Crippen LogP contribution is 2.13. The quantitative estimate of drug-likeness (QED) is 0.847. The first-order valence-corrected chi connectivity index (χ1v) is 6.71. The molecule has 0 fully saturated rings. The van der Waals surface area contributed by atoms with Crippen LogP contribution in [-0.4, -0.2) is 23.0 Å². The maximum absolute atomic E-state index is 12.0. The lowest BCUT2D eigenvalue weighted by Crippen LogP contribution is -2.30. The van der Waals surface area contributed by atoms with E-state index in [0.29, 0.717) is 12.2 Å². The van der Waals surface area contributed by atoms with Crippen molar-refractivity contribution in [2.75, 3.05) is 18.1 Å². The fourth-order valence-electron chi connectivity index (χ4n) is 1.58. The molecule has 0 spiro atoms. The molecule has 100 valence electrons. The van der Waals surface area contributed by atoms with Crippen LogP contribution >= 0.6 is 11.3 Å². The van der Waals surface area contributed by atoms with Crippen molar-refractivity contribution in [2.45, 2.75) is 13.5 Å². The molecule has 1 aromatic heterocycles. The number of nitrogens with zero attached hydrogens (tertiary/aromatic N) is 2. The zero-order valence-electron chi connectivity index (χ0n) is 10.9. The smallest absolute Gasteiger partial charge is 0.321 e. The second kappa shape index (κ2) is 5.71. The van der Waals surface area contributed by atoms with Crippen LogP contribution < -0.4 is 11.1 Å². The Morgan fingerprint density at radius 1 is 1.42 bits per heavy atom. The molecule has 0 bridgehead atoms. The van der Waals surface area contributed by atoms with Crippen LogP contribution in [0, 0.1) is 6.92 Å². The number of hydrogen-bond donors (Lipinski definition) is 2. The lowest BCUT2D eigenvalue weighted by molar-refractivity contribution is 0.220. The van der Waals surface area contributed by atoms with Gasteiger partial charge < -0.3 is 16.0 Å². The fourth-order valence-corrected chi connectivity index (χ4v) is 2.18. The number of anilines is 2. The molecule has 2 rings (SSSR count). The predicted octanol–water partition coefficient (Wildman–Crippen LogP) is 2.70. The van der Waals surface area contributed by atoms with Crippen LogP contribution in [0.15, 0.2) is 29.6 Å². The third-order valence-corrected chi connectivity index (χ3v) is 3.40. The average Bonchev–Trinajstić information content (AvgIpc) is 2.77. The van der Waals surface area contributed by atoms with Gasteiger partial charge in [-0.25, -0.2) is 9.78 Å². The van der Waals surface area contributed by atoms with Crippen molar-refractivity contribution in [1.29, 1.82) is 0 Å². The summed E-state index contributed by atoms with van der Waals surface area (Å²) in [5.41, 5.74) is 7.89. The van der Waals surface area contributed by atoms with E-state index in [0.717, 1.165) is 16.4 Å². The van der Waals surface area contributed by atoms with Crippen LogP contribution in [0.25, 0.3) is 0 Å². The molecule has 5 nitrogen and oxygen atoms in total. The number of benzene rings is 1. The number of aryl methyl sites for hydroxylation is 1. The first kappa shape index (κ1) is 13.4. The zero-order chi connectivity index (χ0) is 13.8. The van der Waals surface area contributed by atoms with Crippen molar-refractivity contribution in [3.05, 3.63) is 40.3 Å². The number of nitrogens with two attached hydrogens (primary N) is 1. The molecule has 3 N–H and O–H groups in total. The van der Waals surface area contributed by atoms with E-state index in [-0.39, 0.29) is 6.03 Å². The molecule has 1 heterocycles. The topological polar surface area (TPSA) is 71.2 Å². The second-order valence-corrected chi connectivity index (χ2v) is 5.33. The minimum absolute atomic E-state index is 0.171. The van der Waals surface area contributed by atoms with Crippen LogP contribution in [0.4, 0.5) is 16.2 Å². The molecule has 0 aliphatic heterocycles. The minimum atomic E-state index is -0.171. The Morgan fingerprint density at radius 3 is 2.68 bits per heavy atom. The van der Waals surface area contributed by atoms with Crippen molar-refractivity contribution in [3.63, 3.8) is 0 Å². The van der Waals surface area contributed by atoms with Gasteiger partial charge in [-0.2, -0.15) is 0 Å². The maximum Gasteiger partial charge on any atom is 0.321 e. The highest BCUT2D eigenvalue weighted by molar-refractivity contribution is 7.09. The molecular formula is C13H16N4OS. The molecule has 0 aliphatic carbocycles. The van der Waals surface area contributed by atoms with Gasteiger partial charge in [0, 0.05) is 23.8 Å². The van der Waals surface area contributed by atoms with E-state index in [4.69, 9.17) is 5.73 Å². The molecule has 0 unspecified atom stereocenters. The van der Waals surface area contributed by atoms with Gasteiger partial charge in [0.25, 0.3) is 0 Å². The van der Waals surface area contributed by atoms with Crippen LogP contribution in [0.1, 0.15) is 10.7 Å². The van der Waals surface area contributed by atoms with E-state index in [1.165, 1.54) is 0 Å². The highest BCUT2D eigenvalue weighted by Gasteiger charge is 2.10. The number of carbonyl (C=O) groups is 1. The summed E-state index contributed by atoms with van der Waals surface area (Å²) in [4.78, 5) is 17.9. The van der Waals surface area contributed by atoms with Gasteiger partial charge in [-0.1, -0.05) is 0 Å². The van der Waals surface area contributed by atoms with E-state index in [1.54, 1.807) is 47.5 Å². The number of rotatable bonds is 3. The number of carbonyl (C=O) groups excluding carboxylic acids is 1. The normalized spacial score (nSPS) is 10.2. The van der Waals surface area contributed by atoms with Crippen LogP contribution in [0.2, 0.25) is 0 Å². The van der Waals surface area contributed by atoms with Gasteiger partial charge in [-0.05, 0) is 31.2 Å². The van der Waals surface area contributed by atoms with Gasteiger partial charge in [0.2, 0.25) is 0 Å². The summed E-state index contributed by atoms with van der Waals surface area (Å²) < 4.78 is 0. The Hall–Kier alpha value is -2.08. The first-order valence-electron chi connectivity index (χ1n) is 5.83. The summed E-state index contributed by atoms with van der Waals surface area (Å²) >= 11 is 1.58. The summed E-state index contributed by atoms with van der Waals surface area (Å²) in [7, 11) is 1.74. The number of thiazole rings is 1. The number of aromatic nitrogens is 1. The number of amides is 2. The molecule has 2 amide bonds. The molecule has 0 saturated carbocycles. The van der Waals surface area contributed by atoms with Crippen molar-refractivity contribution < 1.29 is 4.79 Å². The molecule has 0 saturated heterocycles. The third kappa shape index (κ3) is 3.69. The molecular weight excluding hydrogens is 260 g/mol. The van der Waals surface area contributed by atoms with E-state index >= 15 is 0 Å². The van der Waals surface area contributed by atoms with Gasteiger partial charge in [0.15, 0.2) is 0 Å². The Kier molecular flexibility index (Phi) is 4.01.